The Hall–Kier alpha value is -1.84. The molecule has 20 heavy (non-hydrogen) atoms. The molecule has 0 radical (unpaired) electrons. The van der Waals surface area contributed by atoms with E-state index in [9.17, 15) is 9.59 Å². The van der Waals surface area contributed by atoms with Gasteiger partial charge in [0.25, 0.3) is 0 Å². The molecule has 4 nitrogen and oxygen atoms in total. The molecule has 0 saturated heterocycles. The Morgan fingerprint density at radius 3 is 2.20 bits per heavy atom. The van der Waals surface area contributed by atoms with Crippen LogP contribution < -0.4 is 0 Å². The van der Waals surface area contributed by atoms with E-state index in [0.717, 1.165) is 19.3 Å². The van der Waals surface area contributed by atoms with E-state index in [2.05, 4.69) is 24.8 Å². The number of carbonyl (C=O) groups is 2. The molecule has 0 aliphatic carbocycles. The van der Waals surface area contributed by atoms with Crippen LogP contribution in [0.15, 0.2) is 37.0 Å². The van der Waals surface area contributed by atoms with Gasteiger partial charge in [-0.2, -0.15) is 0 Å². The Morgan fingerprint density at radius 2 is 1.70 bits per heavy atom. The summed E-state index contributed by atoms with van der Waals surface area (Å²) in [5.74, 6) is -3.71. The van der Waals surface area contributed by atoms with Crippen molar-refractivity contribution in [2.45, 2.75) is 39.0 Å². The molecule has 0 fully saturated rings. The normalized spacial score (nSPS) is 13.1. The molecule has 1 atom stereocenters. The minimum Gasteiger partial charge on any atom is -0.481 e. The molecule has 0 saturated carbocycles. The highest BCUT2D eigenvalue weighted by Gasteiger charge is 2.25. The number of allylic oxidation sites excluding steroid dienone is 5. The van der Waals surface area contributed by atoms with Gasteiger partial charge in [0.1, 0.15) is 0 Å². The molecular formula is C16H24O4. The molecule has 112 valence electrons. The topological polar surface area (TPSA) is 74.6 Å². The minimum absolute atomic E-state index is 0.143. The third kappa shape index (κ3) is 8.29. The van der Waals surface area contributed by atoms with Crippen molar-refractivity contribution >= 4 is 11.9 Å². The summed E-state index contributed by atoms with van der Waals surface area (Å²) in [6, 6.07) is 0. The highest BCUT2D eigenvalue weighted by Crippen LogP contribution is 2.19. The van der Waals surface area contributed by atoms with Crippen molar-refractivity contribution in [2.75, 3.05) is 0 Å². The van der Waals surface area contributed by atoms with Gasteiger partial charge in [-0.15, -0.1) is 6.58 Å². The van der Waals surface area contributed by atoms with Crippen LogP contribution in [-0.2, 0) is 9.59 Å². The zero-order chi connectivity index (χ0) is 15.4. The summed E-state index contributed by atoms with van der Waals surface area (Å²) in [4.78, 5) is 21.6. The molecule has 4 heteroatoms. The number of carboxylic acids is 2. The Labute approximate surface area is 120 Å². The third-order valence-electron chi connectivity index (χ3n) is 3.13. The van der Waals surface area contributed by atoms with Gasteiger partial charge in [-0.1, -0.05) is 30.4 Å². The highest BCUT2D eigenvalue weighted by atomic mass is 16.4. The molecule has 0 amide bonds. The van der Waals surface area contributed by atoms with Crippen molar-refractivity contribution in [3.8, 4) is 0 Å². The molecule has 2 N–H and O–H groups in total. The molecule has 0 rings (SSSR count). The second kappa shape index (κ2) is 11.0. The van der Waals surface area contributed by atoms with Crippen molar-refractivity contribution in [2.24, 2.45) is 11.8 Å². The standard InChI is InChI=1S/C16H24O4/c1-3-5-6-7-8-9-10-13(4-2)11-12-14(15(17)18)16(19)20/h3-5,7-8,13-14H,2,6,9-12H2,1H3,(H,17,18)(H,19,20). The van der Waals surface area contributed by atoms with Crippen LogP contribution in [0.5, 0.6) is 0 Å². The lowest BCUT2D eigenvalue weighted by atomic mass is 9.92. The molecule has 1 unspecified atom stereocenters. The second-order valence-electron chi connectivity index (χ2n) is 4.66. The van der Waals surface area contributed by atoms with Gasteiger partial charge in [-0.05, 0) is 44.9 Å². The Balaban J connectivity index is 4.09. The lowest BCUT2D eigenvalue weighted by Crippen LogP contribution is -2.23. The van der Waals surface area contributed by atoms with Gasteiger partial charge in [-0.3, -0.25) is 9.59 Å². The molecule has 0 bridgehead atoms. The molecule has 0 aromatic carbocycles. The smallest absolute Gasteiger partial charge is 0.317 e. The van der Waals surface area contributed by atoms with E-state index in [0.29, 0.717) is 6.42 Å². The molecule has 0 aromatic rings. The summed E-state index contributed by atoms with van der Waals surface area (Å²) in [7, 11) is 0. The summed E-state index contributed by atoms with van der Waals surface area (Å²) in [6.07, 6.45) is 13.3. The van der Waals surface area contributed by atoms with Gasteiger partial charge in [-0.25, -0.2) is 0 Å². The number of carboxylic acid groups (broad SMARTS) is 2. The van der Waals surface area contributed by atoms with Crippen LogP contribution in [0, 0.1) is 11.8 Å². The summed E-state index contributed by atoms with van der Waals surface area (Å²) in [5, 5.41) is 17.6. The zero-order valence-corrected chi connectivity index (χ0v) is 12.0. The van der Waals surface area contributed by atoms with Crippen molar-refractivity contribution in [3.05, 3.63) is 37.0 Å². The van der Waals surface area contributed by atoms with E-state index in [1.807, 2.05) is 13.0 Å². The van der Waals surface area contributed by atoms with E-state index in [-0.39, 0.29) is 12.3 Å². The van der Waals surface area contributed by atoms with Crippen molar-refractivity contribution in [1.29, 1.82) is 0 Å². The van der Waals surface area contributed by atoms with Gasteiger partial charge in [0.05, 0.1) is 0 Å². The summed E-state index contributed by atoms with van der Waals surface area (Å²) in [5.41, 5.74) is 0. The van der Waals surface area contributed by atoms with Gasteiger partial charge in [0.15, 0.2) is 5.92 Å². The van der Waals surface area contributed by atoms with Gasteiger partial charge in [0, 0.05) is 0 Å². The zero-order valence-electron chi connectivity index (χ0n) is 12.0. The first-order valence-corrected chi connectivity index (χ1v) is 6.87. The predicted octanol–water partition coefficient (Wildman–Crippen LogP) is 3.66. The molecule has 0 aromatic heterocycles. The van der Waals surface area contributed by atoms with E-state index < -0.39 is 17.9 Å². The maximum atomic E-state index is 10.8. The Bertz CT molecular complexity index is 355. The summed E-state index contributed by atoms with van der Waals surface area (Å²) in [6.45, 7) is 5.70. The minimum atomic E-state index is -1.32. The summed E-state index contributed by atoms with van der Waals surface area (Å²) >= 11 is 0. The van der Waals surface area contributed by atoms with E-state index in [1.54, 1.807) is 6.08 Å². The van der Waals surface area contributed by atoms with Crippen molar-refractivity contribution < 1.29 is 19.8 Å². The molecular weight excluding hydrogens is 256 g/mol. The van der Waals surface area contributed by atoms with Crippen molar-refractivity contribution in [1.82, 2.24) is 0 Å². The van der Waals surface area contributed by atoms with E-state index in [1.165, 1.54) is 0 Å². The molecule has 0 spiro atoms. The highest BCUT2D eigenvalue weighted by molar-refractivity contribution is 5.92. The lowest BCUT2D eigenvalue weighted by molar-refractivity contribution is -0.154. The van der Waals surface area contributed by atoms with Gasteiger partial charge < -0.3 is 10.2 Å². The fourth-order valence-corrected chi connectivity index (χ4v) is 1.85. The monoisotopic (exact) mass is 280 g/mol. The molecule has 0 aliphatic heterocycles. The Kier molecular flexibility index (Phi) is 10.0. The second-order valence-corrected chi connectivity index (χ2v) is 4.66. The first kappa shape index (κ1) is 18.2. The number of rotatable bonds is 11. The largest absolute Gasteiger partial charge is 0.481 e. The Morgan fingerprint density at radius 1 is 1.05 bits per heavy atom. The number of hydrogen-bond donors (Lipinski definition) is 2. The van der Waals surface area contributed by atoms with Gasteiger partial charge in [0.2, 0.25) is 0 Å². The van der Waals surface area contributed by atoms with Crippen LogP contribution in [-0.4, -0.2) is 22.2 Å². The van der Waals surface area contributed by atoms with Crippen LogP contribution in [0.4, 0.5) is 0 Å². The fraction of sp³-hybridized carbons (Fsp3) is 0.500. The van der Waals surface area contributed by atoms with E-state index >= 15 is 0 Å². The first-order valence-electron chi connectivity index (χ1n) is 6.87. The van der Waals surface area contributed by atoms with Crippen molar-refractivity contribution in [3.63, 3.8) is 0 Å². The van der Waals surface area contributed by atoms with Crippen LogP contribution in [0.25, 0.3) is 0 Å². The molecule has 0 heterocycles. The first-order chi connectivity index (χ1) is 9.52. The average Bonchev–Trinajstić information content (AvgIpc) is 2.39. The van der Waals surface area contributed by atoms with Crippen LogP contribution in [0.1, 0.15) is 39.0 Å². The lowest BCUT2D eigenvalue weighted by Gasteiger charge is -2.13. The fourth-order valence-electron chi connectivity index (χ4n) is 1.85. The average molecular weight is 280 g/mol. The molecule has 0 aliphatic rings. The van der Waals surface area contributed by atoms with Crippen LogP contribution in [0.2, 0.25) is 0 Å². The number of aliphatic carboxylic acids is 2. The maximum absolute atomic E-state index is 10.8. The van der Waals surface area contributed by atoms with Crippen LogP contribution in [0.3, 0.4) is 0 Å². The number of hydrogen-bond acceptors (Lipinski definition) is 2. The van der Waals surface area contributed by atoms with Gasteiger partial charge >= 0.3 is 11.9 Å². The quantitative estimate of drug-likeness (QED) is 0.447. The summed E-state index contributed by atoms with van der Waals surface area (Å²) < 4.78 is 0. The maximum Gasteiger partial charge on any atom is 0.317 e. The SMILES string of the molecule is C=CC(CCC=CCC=CC)CCC(C(=O)O)C(=O)O. The van der Waals surface area contributed by atoms with Crippen LogP contribution >= 0.6 is 0 Å². The third-order valence-corrected chi connectivity index (χ3v) is 3.13. The predicted molar refractivity (Wildman–Crippen MR) is 79.5 cm³/mol. The van der Waals surface area contributed by atoms with E-state index in [4.69, 9.17) is 10.2 Å².